The molecular formula is C18H23N5O3S2. The topological polar surface area (TPSA) is 89.7 Å². The van der Waals surface area contributed by atoms with Crippen LogP contribution in [0, 0.1) is 13.8 Å². The molecule has 1 fully saturated rings. The van der Waals surface area contributed by atoms with Gasteiger partial charge in [0.05, 0.1) is 6.26 Å². The molecule has 3 aromatic rings. The summed E-state index contributed by atoms with van der Waals surface area (Å²) in [6, 6.07) is 6.06. The highest BCUT2D eigenvalue weighted by molar-refractivity contribution is 7.88. The van der Waals surface area contributed by atoms with E-state index in [2.05, 4.69) is 15.3 Å². The molecule has 0 N–H and O–H groups in total. The van der Waals surface area contributed by atoms with E-state index in [1.807, 2.05) is 32.0 Å². The number of aromatic nitrogens is 4. The number of aryl methyl sites for hydroxylation is 2. The summed E-state index contributed by atoms with van der Waals surface area (Å²) in [6.45, 7) is 5.39. The zero-order valence-electron chi connectivity index (χ0n) is 16.1. The van der Waals surface area contributed by atoms with Crippen LogP contribution in [0.25, 0.3) is 4.96 Å². The summed E-state index contributed by atoms with van der Waals surface area (Å²) in [5.41, 5.74) is 2.18. The predicted molar refractivity (Wildman–Crippen MR) is 107 cm³/mol. The lowest BCUT2D eigenvalue weighted by Gasteiger charge is -2.29. The average Bonchev–Trinajstić information content (AvgIpc) is 3.21. The minimum Gasteiger partial charge on any atom is -0.486 e. The van der Waals surface area contributed by atoms with Gasteiger partial charge >= 0.3 is 0 Å². The highest BCUT2D eigenvalue weighted by Crippen LogP contribution is 2.29. The number of hydrogen-bond acceptors (Lipinski definition) is 7. The first kappa shape index (κ1) is 19.3. The van der Waals surface area contributed by atoms with Crippen molar-refractivity contribution in [2.75, 3.05) is 19.3 Å². The fraction of sp³-hybridized carbons (Fsp3) is 0.500. The molecule has 2 aromatic heterocycles. The van der Waals surface area contributed by atoms with Crippen LogP contribution in [0.5, 0.6) is 5.75 Å². The lowest BCUT2D eigenvalue weighted by Crippen LogP contribution is -2.38. The summed E-state index contributed by atoms with van der Waals surface area (Å²) >= 11 is 1.44. The predicted octanol–water partition coefficient (Wildman–Crippen LogP) is 2.52. The first-order valence-electron chi connectivity index (χ1n) is 9.18. The molecule has 8 nitrogen and oxygen atoms in total. The van der Waals surface area contributed by atoms with E-state index in [9.17, 15) is 8.42 Å². The summed E-state index contributed by atoms with van der Waals surface area (Å²) in [5.74, 6) is 1.59. The Hall–Kier alpha value is -2.04. The number of sulfonamides is 1. The fourth-order valence-corrected chi connectivity index (χ4v) is 5.26. The monoisotopic (exact) mass is 421 g/mol. The second kappa shape index (κ2) is 7.41. The van der Waals surface area contributed by atoms with Crippen molar-refractivity contribution < 1.29 is 13.2 Å². The molecule has 10 heteroatoms. The number of ether oxygens (including phenoxy) is 1. The number of hydrogen-bond donors (Lipinski definition) is 0. The van der Waals surface area contributed by atoms with Crippen molar-refractivity contribution in [3.8, 4) is 5.75 Å². The molecule has 150 valence electrons. The smallest absolute Gasteiger partial charge is 0.234 e. The van der Waals surface area contributed by atoms with Crippen LogP contribution in [0.3, 0.4) is 0 Å². The third kappa shape index (κ3) is 3.76. The van der Waals surface area contributed by atoms with E-state index in [0.29, 0.717) is 24.7 Å². The molecule has 1 saturated heterocycles. The van der Waals surface area contributed by atoms with E-state index in [0.717, 1.165) is 40.6 Å². The molecule has 0 radical (unpaired) electrons. The maximum Gasteiger partial charge on any atom is 0.234 e. The zero-order chi connectivity index (χ0) is 19.9. The van der Waals surface area contributed by atoms with Crippen molar-refractivity contribution in [1.29, 1.82) is 0 Å². The van der Waals surface area contributed by atoms with Gasteiger partial charge < -0.3 is 4.74 Å². The van der Waals surface area contributed by atoms with Gasteiger partial charge in [-0.1, -0.05) is 29.5 Å². The van der Waals surface area contributed by atoms with Gasteiger partial charge in [-0.2, -0.15) is 9.61 Å². The molecular weight excluding hydrogens is 398 g/mol. The van der Waals surface area contributed by atoms with Gasteiger partial charge in [-0.05, 0) is 37.8 Å². The average molecular weight is 422 g/mol. The van der Waals surface area contributed by atoms with Crippen LogP contribution in [0.1, 0.15) is 40.7 Å². The number of rotatable bonds is 5. The summed E-state index contributed by atoms with van der Waals surface area (Å²) in [7, 11) is -3.21. The first-order chi connectivity index (χ1) is 13.3. The lowest BCUT2D eigenvalue weighted by molar-refractivity contribution is 0.297. The minimum absolute atomic E-state index is 0.00652. The molecule has 4 rings (SSSR count). The first-order valence-corrected chi connectivity index (χ1v) is 11.8. The second-order valence-corrected chi connectivity index (χ2v) is 10.2. The van der Waals surface area contributed by atoms with Crippen LogP contribution < -0.4 is 4.74 Å². The van der Waals surface area contributed by atoms with Crippen LogP contribution in [0.4, 0.5) is 0 Å². The van der Waals surface area contributed by atoms with E-state index in [4.69, 9.17) is 4.74 Å². The molecule has 0 bridgehead atoms. The van der Waals surface area contributed by atoms with Crippen LogP contribution in [0.15, 0.2) is 18.2 Å². The quantitative estimate of drug-likeness (QED) is 0.629. The maximum absolute atomic E-state index is 11.9. The summed E-state index contributed by atoms with van der Waals surface area (Å²) in [6.07, 6.45) is 2.93. The van der Waals surface area contributed by atoms with Gasteiger partial charge in [0.2, 0.25) is 15.0 Å². The number of para-hydroxylation sites is 1. The summed E-state index contributed by atoms with van der Waals surface area (Å²) in [5, 5.41) is 14.0. The Kier molecular flexibility index (Phi) is 5.11. The van der Waals surface area contributed by atoms with Crippen LogP contribution in [-0.4, -0.2) is 51.9 Å². The molecule has 1 aliphatic rings. The zero-order valence-corrected chi connectivity index (χ0v) is 17.8. The van der Waals surface area contributed by atoms with Crippen molar-refractivity contribution in [1.82, 2.24) is 24.1 Å². The number of benzene rings is 1. The highest BCUT2D eigenvalue weighted by Gasteiger charge is 2.30. The molecule has 1 aliphatic heterocycles. The van der Waals surface area contributed by atoms with E-state index >= 15 is 0 Å². The standard InChI is InChI=1S/C18H23N5O3S2/c1-12-6-4-7-13(2)16(12)26-11-15-21-23-17(19-20-18(23)27-15)14-8-5-9-22(10-14)28(3,24)25/h4,6-7,14H,5,8-11H2,1-3H3. The molecule has 0 saturated carbocycles. The van der Waals surface area contributed by atoms with Gasteiger partial charge in [0.15, 0.2) is 10.8 Å². The number of fused-ring (bicyclic) bond motifs is 1. The Morgan fingerprint density at radius 2 is 2.00 bits per heavy atom. The fourth-order valence-electron chi connectivity index (χ4n) is 3.60. The molecule has 0 aliphatic carbocycles. The number of piperidine rings is 1. The Balaban J connectivity index is 1.54. The van der Waals surface area contributed by atoms with Crippen molar-refractivity contribution in [3.63, 3.8) is 0 Å². The maximum atomic E-state index is 11.9. The van der Waals surface area contributed by atoms with Gasteiger partial charge in [-0.15, -0.1) is 10.2 Å². The molecule has 0 spiro atoms. The van der Waals surface area contributed by atoms with Crippen molar-refractivity contribution in [2.45, 2.75) is 39.2 Å². The molecule has 1 aromatic carbocycles. The van der Waals surface area contributed by atoms with E-state index in [1.165, 1.54) is 21.9 Å². The van der Waals surface area contributed by atoms with Crippen LogP contribution in [-0.2, 0) is 16.6 Å². The molecule has 0 amide bonds. The van der Waals surface area contributed by atoms with Crippen molar-refractivity contribution >= 4 is 26.3 Å². The van der Waals surface area contributed by atoms with Crippen molar-refractivity contribution in [3.05, 3.63) is 40.2 Å². The minimum atomic E-state index is -3.21. The van der Waals surface area contributed by atoms with Gasteiger partial charge in [0, 0.05) is 19.0 Å². The summed E-state index contributed by atoms with van der Waals surface area (Å²) in [4.78, 5) is 0.701. The van der Waals surface area contributed by atoms with Crippen molar-refractivity contribution in [2.24, 2.45) is 0 Å². The van der Waals surface area contributed by atoms with Crippen LogP contribution >= 0.6 is 11.3 Å². The Bertz CT molecular complexity index is 1090. The SMILES string of the molecule is Cc1cccc(C)c1OCc1nn2c(C3CCCN(S(C)(=O)=O)C3)nnc2s1. The van der Waals surface area contributed by atoms with Gasteiger partial charge in [0.1, 0.15) is 12.4 Å². The molecule has 1 atom stereocenters. The number of nitrogens with zero attached hydrogens (tertiary/aromatic N) is 5. The third-order valence-electron chi connectivity index (χ3n) is 5.02. The van der Waals surface area contributed by atoms with Gasteiger partial charge in [0.25, 0.3) is 0 Å². The Morgan fingerprint density at radius 1 is 1.25 bits per heavy atom. The van der Waals surface area contributed by atoms with Gasteiger partial charge in [-0.25, -0.2) is 12.7 Å². The second-order valence-electron chi connectivity index (χ2n) is 7.22. The molecule has 1 unspecified atom stereocenters. The van der Waals surface area contributed by atoms with E-state index in [1.54, 1.807) is 4.52 Å². The molecule has 28 heavy (non-hydrogen) atoms. The normalized spacial score (nSPS) is 18.6. The molecule has 3 heterocycles. The van der Waals surface area contributed by atoms with Crippen LogP contribution in [0.2, 0.25) is 0 Å². The Morgan fingerprint density at radius 3 is 2.71 bits per heavy atom. The van der Waals surface area contributed by atoms with E-state index < -0.39 is 10.0 Å². The summed E-state index contributed by atoms with van der Waals surface area (Å²) < 4.78 is 33.0. The lowest BCUT2D eigenvalue weighted by atomic mass is 9.99. The van der Waals surface area contributed by atoms with Gasteiger partial charge in [-0.3, -0.25) is 0 Å². The third-order valence-corrected chi connectivity index (χ3v) is 7.17. The van der Waals surface area contributed by atoms with E-state index in [-0.39, 0.29) is 5.92 Å². The highest BCUT2D eigenvalue weighted by atomic mass is 32.2. The largest absolute Gasteiger partial charge is 0.486 e. The Labute approximate surface area is 168 Å².